The molecule has 208 valence electrons. The number of carbonyl (C=O) groups excluding carboxylic acids is 3. The van der Waals surface area contributed by atoms with Gasteiger partial charge in [-0.1, -0.05) is 54.6 Å². The van der Waals surface area contributed by atoms with Crippen LogP contribution in [0.4, 0.5) is 4.39 Å². The van der Waals surface area contributed by atoms with Crippen LogP contribution in [0.5, 0.6) is 5.75 Å². The van der Waals surface area contributed by atoms with E-state index in [1.165, 1.54) is 41.6 Å². The molecule has 6 nitrogen and oxygen atoms in total. The maximum Gasteiger partial charge on any atom is 0.373 e. The number of aryl methyl sites for hydroxylation is 1. The lowest BCUT2D eigenvalue weighted by atomic mass is 10.0. The van der Waals surface area contributed by atoms with E-state index in [1.54, 1.807) is 6.07 Å². The minimum Gasteiger partial charge on any atom is -0.497 e. The average Bonchev–Trinajstić information content (AvgIpc) is 3.22. The Labute approximate surface area is 238 Å². The molecule has 1 heterocycles. The molecule has 41 heavy (non-hydrogen) atoms. The van der Waals surface area contributed by atoms with Crippen molar-refractivity contribution in [1.29, 1.82) is 0 Å². The lowest BCUT2D eigenvalue weighted by molar-refractivity contribution is -0.191. The van der Waals surface area contributed by atoms with Crippen molar-refractivity contribution in [3.8, 4) is 16.9 Å². The van der Waals surface area contributed by atoms with Gasteiger partial charge in [0.2, 0.25) is 0 Å². The highest BCUT2D eigenvalue weighted by Gasteiger charge is 2.17. The van der Waals surface area contributed by atoms with Gasteiger partial charge in [0, 0.05) is 34.8 Å². The lowest BCUT2D eigenvalue weighted by Crippen LogP contribution is -2.26. The first kappa shape index (κ1) is 29.0. The number of amides is 1. The van der Waals surface area contributed by atoms with E-state index in [4.69, 9.17) is 14.3 Å². The molecular weight excluding hydrogens is 519 g/mol. The second-order valence-electron chi connectivity index (χ2n) is 9.79. The molecule has 0 fully saturated rings. The fourth-order valence-electron chi connectivity index (χ4n) is 4.93. The van der Waals surface area contributed by atoms with Crippen LogP contribution < -0.4 is 10.1 Å². The van der Waals surface area contributed by atoms with Crippen molar-refractivity contribution >= 4 is 23.0 Å². The standard InChI is InChI=1S/C33H31FN2O2.CO2/c1-21-23(3)36(20-24-10-12-26(13-11-24)25-8-6-5-7-9-25)32-15-14-27(18-31(21)32)33(37)35-22(2)28-16-29(34)19-30(17-28)38-4;2-1-3/h5-19,22H,20H2,1-4H3,(H,35,37);/t22-;/m0./s1. The summed E-state index contributed by atoms with van der Waals surface area (Å²) in [7, 11) is 1.49. The molecule has 0 unspecified atom stereocenters. The third-order valence-corrected chi connectivity index (χ3v) is 7.28. The molecule has 0 bridgehead atoms. The molecule has 5 aromatic rings. The van der Waals surface area contributed by atoms with Crippen LogP contribution in [-0.2, 0) is 16.1 Å². The first-order chi connectivity index (χ1) is 19.7. The number of benzene rings is 4. The Morgan fingerprint density at radius 2 is 1.59 bits per heavy atom. The Balaban J connectivity index is 0.00000124. The Kier molecular flexibility index (Phi) is 9.12. The van der Waals surface area contributed by atoms with Crippen molar-refractivity contribution in [3.63, 3.8) is 0 Å². The molecule has 0 spiro atoms. The summed E-state index contributed by atoms with van der Waals surface area (Å²) < 4.78 is 21.4. The molecule has 0 aliphatic heterocycles. The SMILES string of the molecule is COc1cc(F)cc([C@H](C)NC(=O)c2ccc3c(c2)c(C)c(C)n3Cc2ccc(-c3ccccc3)cc2)c1.O=C=O. The smallest absolute Gasteiger partial charge is 0.373 e. The van der Waals surface area contributed by atoms with E-state index in [2.05, 4.69) is 72.3 Å². The Morgan fingerprint density at radius 1 is 0.927 bits per heavy atom. The third-order valence-electron chi connectivity index (χ3n) is 7.28. The number of nitrogens with zero attached hydrogens (tertiary/aromatic N) is 1. The van der Waals surface area contributed by atoms with E-state index in [-0.39, 0.29) is 18.1 Å². The zero-order valence-corrected chi connectivity index (χ0v) is 23.4. The van der Waals surface area contributed by atoms with Crippen LogP contribution in [0.2, 0.25) is 0 Å². The normalized spacial score (nSPS) is 11.2. The van der Waals surface area contributed by atoms with Crippen LogP contribution in [0.25, 0.3) is 22.0 Å². The molecular formula is C34H31FN2O4. The largest absolute Gasteiger partial charge is 0.497 e. The van der Waals surface area contributed by atoms with Gasteiger partial charge in [0.05, 0.1) is 13.2 Å². The molecule has 5 rings (SSSR count). The Hall–Kier alpha value is -5.00. The molecule has 7 heteroatoms. The number of carbonyl (C=O) groups is 1. The summed E-state index contributed by atoms with van der Waals surface area (Å²) in [5, 5.41) is 4.04. The van der Waals surface area contributed by atoms with E-state index in [1.807, 2.05) is 31.2 Å². The molecule has 1 amide bonds. The van der Waals surface area contributed by atoms with Crippen LogP contribution >= 0.6 is 0 Å². The van der Waals surface area contributed by atoms with E-state index < -0.39 is 5.82 Å². The highest BCUT2D eigenvalue weighted by atomic mass is 19.1. The number of aromatic nitrogens is 1. The van der Waals surface area contributed by atoms with Crippen LogP contribution in [0.1, 0.15) is 45.7 Å². The van der Waals surface area contributed by atoms with Gasteiger partial charge < -0.3 is 14.6 Å². The number of methoxy groups -OCH3 is 1. The molecule has 0 saturated heterocycles. The first-order valence-electron chi connectivity index (χ1n) is 13.1. The second-order valence-corrected chi connectivity index (χ2v) is 9.79. The van der Waals surface area contributed by atoms with Crippen LogP contribution in [0, 0.1) is 19.7 Å². The van der Waals surface area contributed by atoms with Gasteiger partial charge in [0.25, 0.3) is 5.91 Å². The highest BCUT2D eigenvalue weighted by Crippen LogP contribution is 2.29. The number of nitrogens with one attached hydrogen (secondary N) is 1. The van der Waals surface area contributed by atoms with Gasteiger partial charge in [0.15, 0.2) is 0 Å². The zero-order chi connectivity index (χ0) is 29.5. The number of hydrogen-bond donors (Lipinski definition) is 1. The van der Waals surface area contributed by atoms with E-state index in [0.717, 1.165) is 23.0 Å². The monoisotopic (exact) mass is 550 g/mol. The number of ether oxygens (including phenoxy) is 1. The van der Waals surface area contributed by atoms with E-state index >= 15 is 0 Å². The van der Waals surface area contributed by atoms with Gasteiger partial charge in [0.1, 0.15) is 11.6 Å². The molecule has 1 aromatic heterocycles. The predicted molar refractivity (Wildman–Crippen MR) is 156 cm³/mol. The summed E-state index contributed by atoms with van der Waals surface area (Å²) >= 11 is 0. The van der Waals surface area contributed by atoms with Gasteiger partial charge in [-0.25, -0.2) is 4.39 Å². The van der Waals surface area contributed by atoms with E-state index in [0.29, 0.717) is 16.9 Å². The van der Waals surface area contributed by atoms with Crippen molar-refractivity contribution in [2.24, 2.45) is 0 Å². The summed E-state index contributed by atoms with van der Waals surface area (Å²) in [6, 6.07) is 28.9. The summed E-state index contributed by atoms with van der Waals surface area (Å²) in [5.74, 6) is -0.183. The number of rotatable bonds is 7. The maximum absolute atomic E-state index is 14.0. The van der Waals surface area contributed by atoms with Crippen LogP contribution in [0.15, 0.2) is 91.0 Å². The van der Waals surface area contributed by atoms with Gasteiger partial charge >= 0.3 is 6.15 Å². The molecule has 0 saturated carbocycles. The van der Waals surface area contributed by atoms with E-state index in [9.17, 15) is 9.18 Å². The summed E-state index contributed by atoms with van der Waals surface area (Å²) in [6.07, 6.45) is 0.250. The summed E-state index contributed by atoms with van der Waals surface area (Å²) in [4.78, 5) is 29.4. The Bertz CT molecular complexity index is 1700. The Morgan fingerprint density at radius 3 is 2.24 bits per heavy atom. The summed E-state index contributed by atoms with van der Waals surface area (Å²) in [6.45, 7) is 6.79. The third kappa shape index (κ3) is 6.60. The van der Waals surface area contributed by atoms with Gasteiger partial charge in [-0.2, -0.15) is 9.59 Å². The van der Waals surface area contributed by atoms with Gasteiger partial charge in [-0.05, 0) is 78.9 Å². The molecule has 0 radical (unpaired) electrons. The average molecular weight is 551 g/mol. The van der Waals surface area contributed by atoms with Crippen molar-refractivity contribution < 1.29 is 23.5 Å². The van der Waals surface area contributed by atoms with Crippen LogP contribution in [-0.4, -0.2) is 23.7 Å². The molecule has 1 N–H and O–H groups in total. The fourth-order valence-corrected chi connectivity index (χ4v) is 4.93. The van der Waals surface area contributed by atoms with Crippen molar-refractivity contribution in [3.05, 3.63) is 125 Å². The number of halogens is 1. The number of fused-ring (bicyclic) bond motifs is 1. The van der Waals surface area contributed by atoms with Crippen molar-refractivity contribution in [2.75, 3.05) is 7.11 Å². The quantitative estimate of drug-likeness (QED) is 0.236. The lowest BCUT2D eigenvalue weighted by Gasteiger charge is -2.16. The zero-order valence-electron chi connectivity index (χ0n) is 23.4. The predicted octanol–water partition coefficient (Wildman–Crippen LogP) is 7.03. The van der Waals surface area contributed by atoms with Crippen molar-refractivity contribution in [2.45, 2.75) is 33.4 Å². The minimum absolute atomic E-state index is 0.205. The van der Waals surface area contributed by atoms with Gasteiger partial charge in [-0.15, -0.1) is 0 Å². The second kappa shape index (κ2) is 12.9. The van der Waals surface area contributed by atoms with Gasteiger partial charge in [-0.3, -0.25) is 4.79 Å². The minimum atomic E-state index is -0.399. The molecule has 4 aromatic carbocycles. The topological polar surface area (TPSA) is 77.4 Å². The summed E-state index contributed by atoms with van der Waals surface area (Å²) in [5.41, 5.74) is 8.24. The van der Waals surface area contributed by atoms with Crippen molar-refractivity contribution in [1.82, 2.24) is 9.88 Å². The number of hydrogen-bond acceptors (Lipinski definition) is 4. The fraction of sp³-hybridized carbons (Fsp3) is 0.176. The molecule has 0 aliphatic carbocycles. The van der Waals surface area contributed by atoms with Crippen LogP contribution in [0.3, 0.4) is 0 Å². The first-order valence-corrected chi connectivity index (χ1v) is 13.1. The highest BCUT2D eigenvalue weighted by molar-refractivity contribution is 5.99. The maximum atomic E-state index is 14.0. The molecule has 1 atom stereocenters. The molecule has 0 aliphatic rings.